The lowest BCUT2D eigenvalue weighted by Crippen LogP contribution is -2.47. The van der Waals surface area contributed by atoms with Crippen molar-refractivity contribution in [3.63, 3.8) is 0 Å². The van der Waals surface area contributed by atoms with Gasteiger partial charge in [-0.25, -0.2) is 4.39 Å². The summed E-state index contributed by atoms with van der Waals surface area (Å²) in [7, 11) is 1.62. The molecule has 7 heteroatoms. The number of nitrogens with one attached hydrogen (secondary N) is 1. The minimum Gasteiger partial charge on any atom is -0.340 e. The standard InChI is InChI=1S/C20H26FN3O3/c1-13(25)22-15-8-9-18(21)17(11-15)20(27)23(2)12-16-7-4-10-24(16)19(26)14-5-3-6-14/h8-9,11,14,16H,3-7,10,12H2,1-2H3,(H,22,25). The van der Waals surface area contributed by atoms with Gasteiger partial charge in [0.05, 0.1) is 5.56 Å². The summed E-state index contributed by atoms with van der Waals surface area (Å²) in [5, 5.41) is 2.56. The Labute approximate surface area is 158 Å². The quantitative estimate of drug-likeness (QED) is 0.860. The zero-order chi connectivity index (χ0) is 19.6. The Hall–Kier alpha value is -2.44. The van der Waals surface area contributed by atoms with Crippen LogP contribution in [-0.4, -0.2) is 53.7 Å². The third-order valence-corrected chi connectivity index (χ3v) is 5.46. The lowest BCUT2D eigenvalue weighted by atomic mass is 9.84. The Morgan fingerprint density at radius 1 is 1.22 bits per heavy atom. The van der Waals surface area contributed by atoms with E-state index in [1.54, 1.807) is 7.05 Å². The molecule has 0 radical (unpaired) electrons. The highest BCUT2D eigenvalue weighted by atomic mass is 19.1. The molecule has 0 spiro atoms. The summed E-state index contributed by atoms with van der Waals surface area (Å²) in [4.78, 5) is 39.9. The average Bonchev–Trinajstić information content (AvgIpc) is 3.02. The average molecular weight is 375 g/mol. The molecule has 1 heterocycles. The summed E-state index contributed by atoms with van der Waals surface area (Å²) in [6, 6.07) is 3.92. The summed E-state index contributed by atoms with van der Waals surface area (Å²) in [5.41, 5.74) is 0.293. The van der Waals surface area contributed by atoms with E-state index in [0.717, 1.165) is 38.6 Å². The molecule has 2 fully saturated rings. The zero-order valence-corrected chi connectivity index (χ0v) is 15.8. The van der Waals surface area contributed by atoms with Crippen molar-refractivity contribution in [3.8, 4) is 0 Å². The number of carbonyl (C=O) groups is 3. The van der Waals surface area contributed by atoms with E-state index in [0.29, 0.717) is 12.2 Å². The number of nitrogens with zero attached hydrogens (tertiary/aromatic N) is 2. The lowest BCUT2D eigenvalue weighted by Gasteiger charge is -2.34. The number of hydrogen-bond donors (Lipinski definition) is 1. The molecule has 0 bridgehead atoms. The third-order valence-electron chi connectivity index (χ3n) is 5.46. The first-order valence-electron chi connectivity index (χ1n) is 9.50. The first-order chi connectivity index (χ1) is 12.9. The summed E-state index contributed by atoms with van der Waals surface area (Å²) in [6.45, 7) is 2.46. The zero-order valence-electron chi connectivity index (χ0n) is 15.8. The molecule has 1 atom stereocenters. The molecule has 3 amide bonds. The molecule has 146 valence electrons. The molecule has 0 aromatic heterocycles. The number of halogens is 1. The Morgan fingerprint density at radius 3 is 2.59 bits per heavy atom. The van der Waals surface area contributed by atoms with Gasteiger partial charge in [-0.15, -0.1) is 0 Å². The number of rotatable bonds is 5. The predicted octanol–water partition coefficient (Wildman–Crippen LogP) is 2.65. The molecule has 1 N–H and O–H groups in total. The van der Waals surface area contributed by atoms with Crippen LogP contribution < -0.4 is 5.32 Å². The van der Waals surface area contributed by atoms with Gasteiger partial charge in [0.2, 0.25) is 11.8 Å². The maximum atomic E-state index is 14.2. The Bertz CT molecular complexity index is 748. The van der Waals surface area contributed by atoms with Crippen LogP contribution in [0, 0.1) is 11.7 Å². The van der Waals surface area contributed by atoms with Crippen LogP contribution in [0.3, 0.4) is 0 Å². The van der Waals surface area contributed by atoms with E-state index in [4.69, 9.17) is 0 Å². The van der Waals surface area contributed by atoms with Crippen molar-refractivity contribution in [2.75, 3.05) is 25.5 Å². The molecule has 6 nitrogen and oxygen atoms in total. The number of amides is 3. The Kier molecular flexibility index (Phi) is 5.77. The normalized spacial score (nSPS) is 19.5. The van der Waals surface area contributed by atoms with Gasteiger partial charge < -0.3 is 15.1 Å². The number of carbonyl (C=O) groups excluding carboxylic acids is 3. The van der Waals surface area contributed by atoms with Gasteiger partial charge in [-0.2, -0.15) is 0 Å². The van der Waals surface area contributed by atoms with Crippen molar-refractivity contribution in [2.45, 2.75) is 45.1 Å². The second-order valence-corrected chi connectivity index (χ2v) is 7.52. The number of anilines is 1. The summed E-state index contributed by atoms with van der Waals surface area (Å²) in [5.74, 6) is -1.04. The van der Waals surface area contributed by atoms with E-state index in [1.165, 1.54) is 30.0 Å². The predicted molar refractivity (Wildman–Crippen MR) is 99.7 cm³/mol. The minimum absolute atomic E-state index is 0.0198. The van der Waals surface area contributed by atoms with E-state index in [1.807, 2.05) is 4.90 Å². The van der Waals surface area contributed by atoms with Gasteiger partial charge in [-0.3, -0.25) is 14.4 Å². The first kappa shape index (κ1) is 19.3. The van der Waals surface area contributed by atoms with Crippen LogP contribution in [0.25, 0.3) is 0 Å². The molecular formula is C20H26FN3O3. The maximum Gasteiger partial charge on any atom is 0.256 e. The molecule has 1 aromatic rings. The van der Waals surface area contributed by atoms with Gasteiger partial charge in [0.1, 0.15) is 5.82 Å². The van der Waals surface area contributed by atoms with Crippen LogP contribution in [0.4, 0.5) is 10.1 Å². The molecule has 1 aliphatic heterocycles. The van der Waals surface area contributed by atoms with Crippen molar-refractivity contribution in [3.05, 3.63) is 29.6 Å². The van der Waals surface area contributed by atoms with E-state index >= 15 is 0 Å². The van der Waals surface area contributed by atoms with Crippen molar-refractivity contribution in [2.24, 2.45) is 5.92 Å². The SMILES string of the molecule is CC(=O)Nc1ccc(F)c(C(=O)N(C)CC2CCCN2C(=O)C2CCC2)c1. The molecule has 1 aromatic carbocycles. The number of likely N-dealkylation sites (tertiary alicyclic amines) is 1. The van der Waals surface area contributed by atoms with Crippen LogP contribution in [0.2, 0.25) is 0 Å². The molecular weight excluding hydrogens is 349 g/mol. The third kappa shape index (κ3) is 4.28. The molecule has 27 heavy (non-hydrogen) atoms. The van der Waals surface area contributed by atoms with Crippen LogP contribution >= 0.6 is 0 Å². The van der Waals surface area contributed by atoms with Crippen LogP contribution in [0.1, 0.15) is 49.4 Å². The van der Waals surface area contributed by atoms with Gasteiger partial charge in [0.15, 0.2) is 0 Å². The van der Waals surface area contributed by atoms with Crippen molar-refractivity contribution >= 4 is 23.4 Å². The largest absolute Gasteiger partial charge is 0.340 e. The fourth-order valence-corrected chi connectivity index (χ4v) is 3.78. The van der Waals surface area contributed by atoms with E-state index < -0.39 is 11.7 Å². The fraction of sp³-hybridized carbons (Fsp3) is 0.550. The highest BCUT2D eigenvalue weighted by molar-refractivity contribution is 5.97. The molecule has 1 unspecified atom stereocenters. The van der Waals surface area contributed by atoms with Gasteiger partial charge in [-0.05, 0) is 43.9 Å². The molecule has 2 aliphatic rings. The van der Waals surface area contributed by atoms with Gasteiger partial charge in [0.25, 0.3) is 5.91 Å². The van der Waals surface area contributed by atoms with Gasteiger partial charge in [0, 0.05) is 44.7 Å². The molecule has 1 saturated carbocycles. The second kappa shape index (κ2) is 8.06. The van der Waals surface area contributed by atoms with Crippen LogP contribution in [0.5, 0.6) is 0 Å². The van der Waals surface area contributed by atoms with E-state index in [-0.39, 0.29) is 29.3 Å². The molecule has 3 rings (SSSR count). The lowest BCUT2D eigenvalue weighted by molar-refractivity contribution is -0.139. The van der Waals surface area contributed by atoms with Crippen molar-refractivity contribution in [1.29, 1.82) is 0 Å². The molecule has 1 aliphatic carbocycles. The second-order valence-electron chi connectivity index (χ2n) is 7.52. The van der Waals surface area contributed by atoms with Crippen LogP contribution in [-0.2, 0) is 9.59 Å². The maximum absolute atomic E-state index is 14.2. The highest BCUT2D eigenvalue weighted by Crippen LogP contribution is 2.31. The number of benzene rings is 1. The van der Waals surface area contributed by atoms with Crippen molar-refractivity contribution < 1.29 is 18.8 Å². The highest BCUT2D eigenvalue weighted by Gasteiger charge is 2.36. The Morgan fingerprint density at radius 2 is 1.96 bits per heavy atom. The van der Waals surface area contributed by atoms with E-state index in [9.17, 15) is 18.8 Å². The topological polar surface area (TPSA) is 69.7 Å². The smallest absolute Gasteiger partial charge is 0.256 e. The summed E-state index contributed by atoms with van der Waals surface area (Å²) >= 11 is 0. The minimum atomic E-state index is -0.630. The number of hydrogen-bond acceptors (Lipinski definition) is 3. The summed E-state index contributed by atoms with van der Waals surface area (Å²) in [6.07, 6.45) is 4.80. The summed E-state index contributed by atoms with van der Waals surface area (Å²) < 4.78 is 14.2. The van der Waals surface area contributed by atoms with Gasteiger partial charge >= 0.3 is 0 Å². The monoisotopic (exact) mass is 375 g/mol. The number of likely N-dealkylation sites (N-methyl/N-ethyl adjacent to an activating group) is 1. The van der Waals surface area contributed by atoms with Crippen molar-refractivity contribution in [1.82, 2.24) is 9.80 Å². The van der Waals surface area contributed by atoms with E-state index in [2.05, 4.69) is 5.32 Å². The van der Waals surface area contributed by atoms with Crippen LogP contribution in [0.15, 0.2) is 18.2 Å². The first-order valence-corrected chi connectivity index (χ1v) is 9.50. The molecule has 1 saturated heterocycles. The van der Waals surface area contributed by atoms with Gasteiger partial charge in [-0.1, -0.05) is 6.42 Å². The fourth-order valence-electron chi connectivity index (χ4n) is 3.78. The Balaban J connectivity index is 1.68.